The van der Waals surface area contributed by atoms with Gasteiger partial charge in [0.1, 0.15) is 0 Å². The molecule has 2 heteroatoms. The van der Waals surface area contributed by atoms with Crippen molar-refractivity contribution < 1.29 is 5.11 Å². The van der Waals surface area contributed by atoms with E-state index in [9.17, 15) is 0 Å². The van der Waals surface area contributed by atoms with Crippen molar-refractivity contribution in [3.05, 3.63) is 34.3 Å². The second-order valence-corrected chi connectivity index (χ2v) is 4.58. The fourth-order valence-electron chi connectivity index (χ4n) is 2.34. The first kappa shape index (κ1) is 10.0. The second kappa shape index (κ2) is 3.92. The minimum Gasteiger partial charge on any atom is -0.396 e. The first-order chi connectivity index (χ1) is 6.72. The molecule has 0 spiro atoms. The van der Waals surface area contributed by atoms with Crippen LogP contribution in [0.25, 0.3) is 0 Å². The van der Waals surface area contributed by atoms with Gasteiger partial charge in [-0.05, 0) is 47.9 Å². The third kappa shape index (κ3) is 1.67. The molecule has 1 aromatic rings. The van der Waals surface area contributed by atoms with Crippen molar-refractivity contribution in [1.29, 1.82) is 0 Å². The maximum absolute atomic E-state index is 9.15. The number of hydrogen-bond donors (Lipinski definition) is 1. The Labute approximate surface area is 89.7 Å². The summed E-state index contributed by atoms with van der Waals surface area (Å²) in [5, 5.41) is 9.97. The first-order valence-corrected chi connectivity index (χ1v) is 5.49. The predicted octanol–water partition coefficient (Wildman–Crippen LogP) is 3.00. The molecule has 1 aliphatic carbocycles. The number of benzene rings is 1. The van der Waals surface area contributed by atoms with Crippen molar-refractivity contribution in [1.82, 2.24) is 0 Å². The van der Waals surface area contributed by atoms with E-state index in [1.165, 1.54) is 11.1 Å². The highest BCUT2D eigenvalue weighted by atomic mass is 35.5. The zero-order valence-corrected chi connectivity index (χ0v) is 9.09. The molecule has 0 aromatic heterocycles. The van der Waals surface area contributed by atoms with Gasteiger partial charge in [0, 0.05) is 11.6 Å². The highest BCUT2D eigenvalue weighted by Gasteiger charge is 2.26. The number of aliphatic hydroxyl groups is 1. The van der Waals surface area contributed by atoms with Crippen molar-refractivity contribution >= 4 is 11.6 Å². The van der Waals surface area contributed by atoms with Crippen molar-refractivity contribution in [2.75, 3.05) is 6.61 Å². The summed E-state index contributed by atoms with van der Waals surface area (Å²) in [6.45, 7) is 2.38. The number of halogens is 1. The molecule has 0 saturated heterocycles. The Morgan fingerprint density at radius 1 is 1.57 bits per heavy atom. The molecule has 14 heavy (non-hydrogen) atoms. The molecule has 0 fully saturated rings. The lowest BCUT2D eigenvalue weighted by atomic mass is 9.89. The van der Waals surface area contributed by atoms with Gasteiger partial charge < -0.3 is 5.11 Å². The number of aryl methyl sites for hydroxylation is 1. The monoisotopic (exact) mass is 210 g/mol. The van der Waals surface area contributed by atoms with E-state index < -0.39 is 0 Å². The van der Waals surface area contributed by atoms with Crippen LogP contribution in [0.4, 0.5) is 0 Å². The minimum atomic E-state index is 0.271. The largest absolute Gasteiger partial charge is 0.396 e. The summed E-state index contributed by atoms with van der Waals surface area (Å²) in [4.78, 5) is 0. The Balaban J connectivity index is 2.31. The summed E-state index contributed by atoms with van der Waals surface area (Å²) in [7, 11) is 0. The Hall–Kier alpha value is -0.530. The van der Waals surface area contributed by atoms with Crippen LogP contribution in [-0.4, -0.2) is 11.7 Å². The zero-order valence-electron chi connectivity index (χ0n) is 8.33. The van der Waals surface area contributed by atoms with Crippen LogP contribution in [0.3, 0.4) is 0 Å². The lowest BCUT2D eigenvalue weighted by molar-refractivity contribution is 0.215. The van der Waals surface area contributed by atoms with Gasteiger partial charge in [0.25, 0.3) is 0 Å². The van der Waals surface area contributed by atoms with Gasteiger partial charge in [0.05, 0.1) is 0 Å². The normalized spacial score (nSPS) is 22.1. The van der Waals surface area contributed by atoms with E-state index in [4.69, 9.17) is 16.7 Å². The van der Waals surface area contributed by atoms with Crippen LogP contribution in [0, 0.1) is 5.92 Å². The third-order valence-corrected chi connectivity index (χ3v) is 3.44. The summed E-state index contributed by atoms with van der Waals surface area (Å²) < 4.78 is 0. The van der Waals surface area contributed by atoms with Crippen LogP contribution < -0.4 is 0 Å². The number of hydrogen-bond acceptors (Lipinski definition) is 1. The third-order valence-electron chi connectivity index (χ3n) is 3.20. The fraction of sp³-hybridized carbons (Fsp3) is 0.500. The smallest absolute Gasteiger partial charge is 0.0462 e. The van der Waals surface area contributed by atoms with Crippen LogP contribution in [0.15, 0.2) is 18.2 Å². The van der Waals surface area contributed by atoms with Crippen LogP contribution in [0.5, 0.6) is 0 Å². The standard InChI is InChI=1S/C12H15ClO/c1-8(7-14)11-4-2-9-6-10(13)3-5-12(9)11/h3,5-6,8,11,14H,2,4,7H2,1H3. The Morgan fingerprint density at radius 3 is 3.07 bits per heavy atom. The molecule has 0 bridgehead atoms. The lowest BCUT2D eigenvalue weighted by Gasteiger charge is -2.17. The molecule has 0 saturated carbocycles. The molecule has 0 aliphatic heterocycles. The first-order valence-electron chi connectivity index (χ1n) is 5.11. The van der Waals surface area contributed by atoms with E-state index in [0.29, 0.717) is 11.8 Å². The van der Waals surface area contributed by atoms with Gasteiger partial charge >= 0.3 is 0 Å². The topological polar surface area (TPSA) is 20.2 Å². The minimum absolute atomic E-state index is 0.271. The average Bonchev–Trinajstić information content (AvgIpc) is 2.59. The molecule has 0 amide bonds. The molecule has 0 heterocycles. The molecule has 2 atom stereocenters. The van der Waals surface area contributed by atoms with E-state index in [2.05, 4.69) is 19.1 Å². The molecule has 76 valence electrons. The summed E-state index contributed by atoms with van der Waals surface area (Å²) in [5.41, 5.74) is 2.75. The van der Waals surface area contributed by atoms with Crippen LogP contribution in [0.1, 0.15) is 30.4 Å². The van der Waals surface area contributed by atoms with Gasteiger partial charge in [-0.3, -0.25) is 0 Å². The lowest BCUT2D eigenvalue weighted by Crippen LogP contribution is -2.10. The van der Waals surface area contributed by atoms with Gasteiger partial charge in [0.2, 0.25) is 0 Å². The molecule has 1 nitrogen and oxygen atoms in total. The number of fused-ring (bicyclic) bond motifs is 1. The van der Waals surface area contributed by atoms with Crippen LogP contribution in [0.2, 0.25) is 5.02 Å². The van der Waals surface area contributed by atoms with Gasteiger partial charge in [-0.1, -0.05) is 24.6 Å². The van der Waals surface area contributed by atoms with E-state index in [1.54, 1.807) is 0 Å². The van der Waals surface area contributed by atoms with Crippen molar-refractivity contribution in [3.63, 3.8) is 0 Å². The Morgan fingerprint density at radius 2 is 2.36 bits per heavy atom. The van der Waals surface area contributed by atoms with Gasteiger partial charge in [-0.15, -0.1) is 0 Å². The molecular weight excluding hydrogens is 196 g/mol. The molecule has 0 radical (unpaired) electrons. The Bertz CT molecular complexity index is 335. The number of aliphatic hydroxyl groups excluding tert-OH is 1. The van der Waals surface area contributed by atoms with Gasteiger partial charge in [-0.2, -0.15) is 0 Å². The molecule has 1 aliphatic rings. The fourth-order valence-corrected chi connectivity index (χ4v) is 2.53. The summed E-state index contributed by atoms with van der Waals surface area (Å²) in [5.74, 6) is 0.879. The van der Waals surface area contributed by atoms with Gasteiger partial charge in [-0.25, -0.2) is 0 Å². The zero-order chi connectivity index (χ0) is 10.1. The highest BCUT2D eigenvalue weighted by molar-refractivity contribution is 6.30. The molecule has 1 aromatic carbocycles. The summed E-state index contributed by atoms with van der Waals surface area (Å²) in [6, 6.07) is 6.12. The van der Waals surface area contributed by atoms with Crippen molar-refractivity contribution in [3.8, 4) is 0 Å². The Kier molecular flexibility index (Phi) is 2.80. The SMILES string of the molecule is CC(CO)C1CCc2cc(Cl)ccc21. The quantitative estimate of drug-likeness (QED) is 0.796. The van der Waals surface area contributed by atoms with E-state index >= 15 is 0 Å². The second-order valence-electron chi connectivity index (χ2n) is 4.15. The van der Waals surface area contributed by atoms with Crippen LogP contribution in [-0.2, 0) is 6.42 Å². The summed E-state index contributed by atoms with van der Waals surface area (Å²) in [6.07, 6.45) is 2.25. The maximum Gasteiger partial charge on any atom is 0.0462 e. The molecular formula is C12H15ClO. The van der Waals surface area contributed by atoms with Gasteiger partial charge in [0.15, 0.2) is 0 Å². The maximum atomic E-state index is 9.15. The highest BCUT2D eigenvalue weighted by Crippen LogP contribution is 2.38. The summed E-state index contributed by atoms with van der Waals surface area (Å²) >= 11 is 5.94. The molecule has 2 rings (SSSR count). The average molecular weight is 211 g/mol. The van der Waals surface area contributed by atoms with E-state index in [0.717, 1.165) is 17.9 Å². The van der Waals surface area contributed by atoms with E-state index in [1.807, 2.05) is 6.07 Å². The van der Waals surface area contributed by atoms with E-state index in [-0.39, 0.29) is 6.61 Å². The van der Waals surface area contributed by atoms with Crippen LogP contribution >= 0.6 is 11.6 Å². The van der Waals surface area contributed by atoms with Crippen molar-refractivity contribution in [2.24, 2.45) is 5.92 Å². The van der Waals surface area contributed by atoms with Crippen molar-refractivity contribution in [2.45, 2.75) is 25.7 Å². The predicted molar refractivity (Wildman–Crippen MR) is 58.8 cm³/mol. The molecule has 2 unspecified atom stereocenters. The number of rotatable bonds is 2. The molecule has 1 N–H and O–H groups in total.